The molecule has 0 aliphatic heterocycles. The molecule has 0 amide bonds. The maximum atomic E-state index is 11.8. The van der Waals surface area contributed by atoms with Crippen LogP contribution in [0.2, 0.25) is 0 Å². The fraction of sp³-hybridized carbons (Fsp3) is 0.212. The van der Waals surface area contributed by atoms with E-state index in [-0.39, 0.29) is 11.1 Å². The summed E-state index contributed by atoms with van der Waals surface area (Å²) in [7, 11) is 0. The fourth-order valence-corrected chi connectivity index (χ4v) is 5.61. The highest BCUT2D eigenvalue weighted by Gasteiger charge is 2.18. The van der Waals surface area contributed by atoms with Crippen LogP contribution in [0.1, 0.15) is 66.0 Å². The van der Waals surface area contributed by atoms with Crippen molar-refractivity contribution in [3.63, 3.8) is 0 Å². The van der Waals surface area contributed by atoms with E-state index < -0.39 is 18.2 Å². The van der Waals surface area contributed by atoms with Crippen LogP contribution >= 0.6 is 0 Å². The zero-order valence-electron chi connectivity index (χ0n) is 22.9. The van der Waals surface area contributed by atoms with E-state index in [4.69, 9.17) is 0 Å². The highest BCUT2D eigenvalue weighted by Crippen LogP contribution is 2.37. The molecular formula is C33H32O6. The molecule has 4 N–H and O–H groups in total. The van der Waals surface area contributed by atoms with E-state index in [0.717, 1.165) is 44.5 Å². The van der Waals surface area contributed by atoms with Crippen LogP contribution in [0.25, 0.3) is 33.4 Å². The molecule has 0 saturated carbocycles. The average Bonchev–Trinajstić information content (AvgIpc) is 2.81. The van der Waals surface area contributed by atoms with Gasteiger partial charge in [0.15, 0.2) is 6.29 Å². The number of aryl methyl sites for hydroxylation is 6. The van der Waals surface area contributed by atoms with Crippen LogP contribution in [-0.2, 0) is 0 Å². The third kappa shape index (κ3) is 5.35. The number of carbonyl (C=O) groups is 2. The molecule has 0 heterocycles. The lowest BCUT2D eigenvalue weighted by Gasteiger charge is -2.17. The molecule has 0 atom stereocenters. The lowest BCUT2D eigenvalue weighted by Crippen LogP contribution is -2.04. The van der Waals surface area contributed by atoms with Crippen molar-refractivity contribution in [2.24, 2.45) is 0 Å². The minimum absolute atomic E-state index is 0.287. The molecule has 39 heavy (non-hydrogen) atoms. The second-order valence-corrected chi connectivity index (χ2v) is 10.3. The molecule has 4 aromatic rings. The first-order valence-electron chi connectivity index (χ1n) is 12.6. The maximum Gasteiger partial charge on any atom is 0.336 e. The quantitative estimate of drug-likeness (QED) is 0.204. The van der Waals surface area contributed by atoms with Crippen molar-refractivity contribution in [2.45, 2.75) is 47.8 Å². The Hall–Kier alpha value is -4.26. The van der Waals surface area contributed by atoms with E-state index in [9.17, 15) is 30.0 Å². The van der Waals surface area contributed by atoms with Crippen molar-refractivity contribution >= 4 is 11.9 Å². The molecule has 6 nitrogen and oxygen atoms in total. The highest BCUT2D eigenvalue weighted by molar-refractivity contribution is 5.94. The first kappa shape index (κ1) is 27.8. The van der Waals surface area contributed by atoms with Crippen LogP contribution in [0.5, 0.6) is 0 Å². The summed E-state index contributed by atoms with van der Waals surface area (Å²) in [4.78, 5) is 23.5. The van der Waals surface area contributed by atoms with Gasteiger partial charge in [-0.1, -0.05) is 36.4 Å². The molecule has 4 aromatic carbocycles. The molecule has 0 spiro atoms. The van der Waals surface area contributed by atoms with E-state index in [1.54, 1.807) is 27.7 Å². The lowest BCUT2D eigenvalue weighted by atomic mass is 9.88. The third-order valence-electron chi connectivity index (χ3n) is 7.28. The SMILES string of the molecule is Cc1cc(-c2cc(-c3cc(C)c(C(=O)O)c(C)c3)cc(-c3cc(C)c(C(O)O)c(C)c3)c2)cc(C)c1C(=O)O. The third-order valence-corrected chi connectivity index (χ3v) is 7.28. The molecule has 0 bridgehead atoms. The van der Waals surface area contributed by atoms with E-state index >= 15 is 0 Å². The summed E-state index contributed by atoms with van der Waals surface area (Å²) in [6.45, 7) is 10.8. The van der Waals surface area contributed by atoms with Crippen LogP contribution in [-0.4, -0.2) is 32.4 Å². The number of benzene rings is 4. The van der Waals surface area contributed by atoms with Crippen molar-refractivity contribution < 1.29 is 30.0 Å². The van der Waals surface area contributed by atoms with Crippen LogP contribution < -0.4 is 0 Å². The van der Waals surface area contributed by atoms with Crippen molar-refractivity contribution in [2.75, 3.05) is 0 Å². The van der Waals surface area contributed by atoms with Crippen LogP contribution in [0.4, 0.5) is 0 Å². The van der Waals surface area contributed by atoms with Gasteiger partial charge in [0, 0.05) is 5.56 Å². The van der Waals surface area contributed by atoms with Gasteiger partial charge < -0.3 is 20.4 Å². The molecule has 0 aromatic heterocycles. The van der Waals surface area contributed by atoms with E-state index in [0.29, 0.717) is 27.8 Å². The van der Waals surface area contributed by atoms with Crippen molar-refractivity contribution in [3.8, 4) is 33.4 Å². The van der Waals surface area contributed by atoms with E-state index in [2.05, 4.69) is 0 Å². The smallest absolute Gasteiger partial charge is 0.336 e. The van der Waals surface area contributed by atoms with Crippen LogP contribution in [0.3, 0.4) is 0 Å². The molecule has 200 valence electrons. The van der Waals surface area contributed by atoms with Gasteiger partial charge in [-0.2, -0.15) is 0 Å². The van der Waals surface area contributed by atoms with Gasteiger partial charge in [-0.15, -0.1) is 0 Å². The van der Waals surface area contributed by atoms with Gasteiger partial charge in [0.2, 0.25) is 0 Å². The fourth-order valence-electron chi connectivity index (χ4n) is 5.61. The second-order valence-electron chi connectivity index (χ2n) is 10.3. The van der Waals surface area contributed by atoms with Gasteiger partial charge in [0.25, 0.3) is 0 Å². The Balaban J connectivity index is 2.00. The molecule has 0 aliphatic carbocycles. The predicted molar refractivity (Wildman–Crippen MR) is 152 cm³/mol. The summed E-state index contributed by atoms with van der Waals surface area (Å²) in [5.74, 6) is -1.93. The summed E-state index contributed by atoms with van der Waals surface area (Å²) < 4.78 is 0. The number of carboxylic acid groups (broad SMARTS) is 2. The maximum absolute atomic E-state index is 11.8. The zero-order chi connectivity index (χ0) is 28.8. The Kier molecular flexibility index (Phi) is 7.46. The Morgan fingerprint density at radius 1 is 0.462 bits per heavy atom. The van der Waals surface area contributed by atoms with Crippen molar-refractivity contribution in [3.05, 3.63) is 105 Å². The van der Waals surface area contributed by atoms with E-state index in [1.807, 2.05) is 68.4 Å². The Morgan fingerprint density at radius 2 is 0.692 bits per heavy atom. The summed E-state index contributed by atoms with van der Waals surface area (Å²) in [6.07, 6.45) is -1.57. The summed E-state index contributed by atoms with van der Waals surface area (Å²) in [5, 5.41) is 38.9. The number of aliphatic hydroxyl groups is 2. The standard InChI is InChI=1S/C33H32O6/c1-16-7-22(8-17(2)28(16)31(34)35)25-13-26(23-9-18(3)29(32(36)37)19(4)10-23)15-27(14-25)24-11-20(5)30(33(38)39)21(6)12-24/h7-15,31,34-35H,1-6H3,(H,36,37)(H,38,39). The molecule has 0 fully saturated rings. The van der Waals surface area contributed by atoms with Gasteiger partial charge in [0.1, 0.15) is 0 Å². The molecule has 0 radical (unpaired) electrons. The number of hydrogen-bond donors (Lipinski definition) is 4. The number of rotatable bonds is 6. The molecule has 0 aliphatic rings. The van der Waals surface area contributed by atoms with Gasteiger partial charge in [-0.05, 0) is 127 Å². The average molecular weight is 525 g/mol. The zero-order valence-corrected chi connectivity index (χ0v) is 22.9. The largest absolute Gasteiger partial charge is 0.478 e. The molecule has 0 saturated heterocycles. The molecular weight excluding hydrogens is 492 g/mol. The number of aromatic carboxylic acids is 2. The van der Waals surface area contributed by atoms with Gasteiger partial charge >= 0.3 is 11.9 Å². The van der Waals surface area contributed by atoms with Crippen molar-refractivity contribution in [1.82, 2.24) is 0 Å². The lowest BCUT2D eigenvalue weighted by molar-refractivity contribution is -0.0433. The Bertz CT molecular complexity index is 1490. The van der Waals surface area contributed by atoms with Gasteiger partial charge in [-0.3, -0.25) is 0 Å². The topological polar surface area (TPSA) is 115 Å². The predicted octanol–water partition coefficient (Wildman–Crippen LogP) is 6.92. The normalized spacial score (nSPS) is 11.2. The number of aliphatic hydroxyl groups excluding tert-OH is 1. The Morgan fingerprint density at radius 3 is 0.923 bits per heavy atom. The minimum atomic E-state index is -1.57. The Labute approximate surface area is 227 Å². The highest BCUT2D eigenvalue weighted by atomic mass is 16.5. The monoisotopic (exact) mass is 524 g/mol. The van der Waals surface area contributed by atoms with Crippen LogP contribution in [0, 0.1) is 41.5 Å². The van der Waals surface area contributed by atoms with Crippen molar-refractivity contribution in [1.29, 1.82) is 0 Å². The van der Waals surface area contributed by atoms with Gasteiger partial charge in [0.05, 0.1) is 11.1 Å². The first-order chi connectivity index (χ1) is 18.3. The van der Waals surface area contributed by atoms with Crippen LogP contribution in [0.15, 0.2) is 54.6 Å². The summed E-state index contributed by atoms with van der Waals surface area (Å²) >= 11 is 0. The minimum Gasteiger partial charge on any atom is -0.478 e. The second kappa shape index (κ2) is 10.5. The van der Waals surface area contributed by atoms with E-state index in [1.165, 1.54) is 0 Å². The molecule has 0 unspecified atom stereocenters. The summed E-state index contributed by atoms with van der Waals surface area (Å²) in [5.41, 5.74) is 10.5. The molecule has 4 rings (SSSR count). The first-order valence-corrected chi connectivity index (χ1v) is 12.6. The number of hydrogen-bond acceptors (Lipinski definition) is 4. The molecule has 6 heteroatoms. The summed E-state index contributed by atoms with van der Waals surface area (Å²) in [6, 6.07) is 17.4. The van der Waals surface area contributed by atoms with Gasteiger partial charge in [-0.25, -0.2) is 9.59 Å². The number of carboxylic acids is 2.